The molecule has 3 unspecified atom stereocenters. The van der Waals surface area contributed by atoms with Crippen LogP contribution in [0.1, 0.15) is 42.7 Å². The molecule has 3 heteroatoms. The van der Waals surface area contributed by atoms with Gasteiger partial charge in [-0.05, 0) is 42.2 Å². The molecule has 0 radical (unpaired) electrons. The number of nitrogens with two attached hydrogens (primary N) is 1. The normalized spacial score (nSPS) is 28.2. The zero-order chi connectivity index (χ0) is 10.8. The van der Waals surface area contributed by atoms with Gasteiger partial charge >= 0.3 is 0 Å². The van der Waals surface area contributed by atoms with Crippen LogP contribution in [0.4, 0.5) is 0 Å². The Hall–Kier alpha value is -0.380. The van der Waals surface area contributed by atoms with E-state index in [2.05, 4.69) is 30.7 Å². The minimum Gasteiger partial charge on any atom is -0.271 e. The molecule has 1 aliphatic rings. The van der Waals surface area contributed by atoms with Crippen LogP contribution in [-0.2, 0) is 0 Å². The first kappa shape index (κ1) is 11.1. The highest BCUT2D eigenvalue weighted by atomic mass is 32.1. The van der Waals surface area contributed by atoms with Gasteiger partial charge in [-0.15, -0.1) is 11.3 Å². The Morgan fingerprint density at radius 1 is 1.53 bits per heavy atom. The minimum atomic E-state index is 0.363. The Labute approximate surface area is 95.8 Å². The predicted octanol–water partition coefficient (Wildman–Crippen LogP) is 3.00. The van der Waals surface area contributed by atoms with Crippen LogP contribution in [-0.4, -0.2) is 0 Å². The van der Waals surface area contributed by atoms with E-state index in [1.165, 1.54) is 29.7 Å². The average Bonchev–Trinajstić information content (AvgIpc) is 2.80. The second kappa shape index (κ2) is 4.64. The molecule has 1 fully saturated rings. The standard InChI is InChI=1S/C12H20N2S/c1-8-4-3-5-10(8)11(14-13)12-9(2)6-7-15-12/h6-8,10-11,14H,3-5,13H2,1-2H3. The molecule has 1 aliphatic carbocycles. The summed E-state index contributed by atoms with van der Waals surface area (Å²) in [6, 6.07) is 2.55. The van der Waals surface area contributed by atoms with Gasteiger partial charge in [-0.1, -0.05) is 19.8 Å². The van der Waals surface area contributed by atoms with E-state index in [0.717, 1.165) is 5.92 Å². The molecule has 0 amide bonds. The van der Waals surface area contributed by atoms with Gasteiger partial charge in [0.25, 0.3) is 0 Å². The van der Waals surface area contributed by atoms with Crippen LogP contribution in [0.3, 0.4) is 0 Å². The van der Waals surface area contributed by atoms with Crippen molar-refractivity contribution in [3.05, 3.63) is 21.9 Å². The lowest BCUT2D eigenvalue weighted by molar-refractivity contribution is 0.307. The average molecular weight is 224 g/mol. The van der Waals surface area contributed by atoms with Gasteiger partial charge in [0, 0.05) is 4.88 Å². The Bertz CT molecular complexity index is 321. The van der Waals surface area contributed by atoms with Crippen LogP contribution in [0.5, 0.6) is 0 Å². The fourth-order valence-electron chi connectivity index (χ4n) is 2.77. The molecule has 84 valence electrons. The molecule has 0 aliphatic heterocycles. The molecular formula is C12H20N2S. The summed E-state index contributed by atoms with van der Waals surface area (Å²) in [5.74, 6) is 7.25. The van der Waals surface area contributed by atoms with E-state index in [9.17, 15) is 0 Å². The topological polar surface area (TPSA) is 38.0 Å². The third-order valence-electron chi connectivity index (χ3n) is 3.72. The Kier molecular flexibility index (Phi) is 3.44. The molecule has 3 N–H and O–H groups in total. The lowest BCUT2D eigenvalue weighted by Crippen LogP contribution is -2.34. The summed E-state index contributed by atoms with van der Waals surface area (Å²) >= 11 is 1.83. The first-order valence-electron chi connectivity index (χ1n) is 5.74. The van der Waals surface area contributed by atoms with Crippen LogP contribution in [0.25, 0.3) is 0 Å². The molecule has 0 saturated heterocycles. The third kappa shape index (κ3) is 2.10. The lowest BCUT2D eigenvalue weighted by atomic mass is 9.89. The maximum absolute atomic E-state index is 5.73. The van der Waals surface area contributed by atoms with E-state index < -0.39 is 0 Å². The molecule has 0 spiro atoms. The van der Waals surface area contributed by atoms with Gasteiger partial charge in [-0.3, -0.25) is 11.3 Å². The van der Waals surface area contributed by atoms with Crippen molar-refractivity contribution in [3.8, 4) is 0 Å². The summed E-state index contributed by atoms with van der Waals surface area (Å²) in [4.78, 5) is 1.43. The summed E-state index contributed by atoms with van der Waals surface area (Å²) < 4.78 is 0. The number of hydrogen-bond donors (Lipinski definition) is 2. The molecular weight excluding hydrogens is 204 g/mol. The fraction of sp³-hybridized carbons (Fsp3) is 0.667. The first-order valence-corrected chi connectivity index (χ1v) is 6.62. The van der Waals surface area contributed by atoms with Crippen molar-refractivity contribution in [1.29, 1.82) is 0 Å². The molecule has 2 rings (SSSR count). The van der Waals surface area contributed by atoms with E-state index in [4.69, 9.17) is 5.84 Å². The molecule has 1 saturated carbocycles. The van der Waals surface area contributed by atoms with Crippen molar-refractivity contribution in [1.82, 2.24) is 5.43 Å². The third-order valence-corrected chi connectivity index (χ3v) is 4.82. The first-order chi connectivity index (χ1) is 7.24. The maximum Gasteiger partial charge on any atom is 0.0586 e. The Balaban J connectivity index is 2.20. The van der Waals surface area contributed by atoms with Crippen molar-refractivity contribution in [2.24, 2.45) is 17.7 Å². The highest BCUT2D eigenvalue weighted by Crippen LogP contribution is 2.41. The van der Waals surface area contributed by atoms with E-state index in [0.29, 0.717) is 12.0 Å². The molecule has 1 heterocycles. The molecule has 1 aromatic heterocycles. The molecule has 3 atom stereocenters. The Morgan fingerprint density at radius 2 is 2.33 bits per heavy atom. The van der Waals surface area contributed by atoms with Gasteiger partial charge in [-0.2, -0.15) is 0 Å². The van der Waals surface area contributed by atoms with Crippen molar-refractivity contribution in [2.45, 2.75) is 39.2 Å². The SMILES string of the molecule is Cc1ccsc1C(NN)C1CCCC1C. The largest absolute Gasteiger partial charge is 0.271 e. The summed E-state index contributed by atoms with van der Waals surface area (Å²) in [7, 11) is 0. The highest BCUT2D eigenvalue weighted by Gasteiger charge is 2.32. The zero-order valence-electron chi connectivity index (χ0n) is 9.49. The number of hydrogen-bond acceptors (Lipinski definition) is 3. The van der Waals surface area contributed by atoms with E-state index in [1.807, 2.05) is 11.3 Å². The van der Waals surface area contributed by atoms with E-state index in [-0.39, 0.29) is 0 Å². The van der Waals surface area contributed by atoms with Gasteiger partial charge in [0.15, 0.2) is 0 Å². The molecule has 1 aromatic rings. The Morgan fingerprint density at radius 3 is 2.80 bits per heavy atom. The van der Waals surface area contributed by atoms with Crippen LogP contribution in [0.2, 0.25) is 0 Å². The minimum absolute atomic E-state index is 0.363. The van der Waals surface area contributed by atoms with Gasteiger partial charge in [0.05, 0.1) is 6.04 Å². The summed E-state index contributed by atoms with van der Waals surface area (Å²) in [5, 5.41) is 2.16. The second-order valence-electron chi connectivity index (χ2n) is 4.68. The van der Waals surface area contributed by atoms with Crippen molar-refractivity contribution >= 4 is 11.3 Å². The number of hydrazine groups is 1. The second-order valence-corrected chi connectivity index (χ2v) is 5.63. The van der Waals surface area contributed by atoms with E-state index >= 15 is 0 Å². The van der Waals surface area contributed by atoms with Crippen LogP contribution < -0.4 is 11.3 Å². The molecule has 0 bridgehead atoms. The highest BCUT2D eigenvalue weighted by molar-refractivity contribution is 7.10. The number of nitrogens with one attached hydrogen (secondary N) is 1. The fourth-order valence-corrected chi connectivity index (χ4v) is 3.83. The predicted molar refractivity (Wildman–Crippen MR) is 65.6 cm³/mol. The molecule has 15 heavy (non-hydrogen) atoms. The molecule has 2 nitrogen and oxygen atoms in total. The summed E-state index contributed by atoms with van der Waals surface area (Å²) in [6.45, 7) is 4.53. The van der Waals surface area contributed by atoms with Crippen molar-refractivity contribution in [3.63, 3.8) is 0 Å². The zero-order valence-corrected chi connectivity index (χ0v) is 10.3. The van der Waals surface area contributed by atoms with Crippen LogP contribution in [0.15, 0.2) is 11.4 Å². The number of rotatable bonds is 3. The number of aryl methyl sites for hydroxylation is 1. The quantitative estimate of drug-likeness (QED) is 0.612. The van der Waals surface area contributed by atoms with Gasteiger partial charge in [0.2, 0.25) is 0 Å². The smallest absolute Gasteiger partial charge is 0.0586 e. The monoisotopic (exact) mass is 224 g/mol. The van der Waals surface area contributed by atoms with Gasteiger partial charge in [-0.25, -0.2) is 0 Å². The van der Waals surface area contributed by atoms with Gasteiger partial charge < -0.3 is 0 Å². The number of thiophene rings is 1. The van der Waals surface area contributed by atoms with Gasteiger partial charge in [0.1, 0.15) is 0 Å². The maximum atomic E-state index is 5.73. The van der Waals surface area contributed by atoms with Crippen LogP contribution >= 0.6 is 11.3 Å². The lowest BCUT2D eigenvalue weighted by Gasteiger charge is -2.26. The van der Waals surface area contributed by atoms with E-state index in [1.54, 1.807) is 0 Å². The molecule has 0 aromatic carbocycles. The van der Waals surface area contributed by atoms with Crippen molar-refractivity contribution < 1.29 is 0 Å². The summed E-state index contributed by atoms with van der Waals surface area (Å²) in [5.41, 5.74) is 4.40. The van der Waals surface area contributed by atoms with Crippen LogP contribution in [0, 0.1) is 18.8 Å². The summed E-state index contributed by atoms with van der Waals surface area (Å²) in [6.07, 6.45) is 4.02. The van der Waals surface area contributed by atoms with Crippen molar-refractivity contribution in [2.75, 3.05) is 0 Å².